The molecule has 2 aromatic rings. The maximum Gasteiger partial charge on any atom is 0.162 e. The molecule has 0 saturated heterocycles. The van der Waals surface area contributed by atoms with Crippen molar-refractivity contribution in [1.29, 1.82) is 0 Å². The average molecular weight is 296 g/mol. The normalized spacial score (nSPS) is 15.1. The Morgan fingerprint density at radius 2 is 1.77 bits per heavy atom. The van der Waals surface area contributed by atoms with Gasteiger partial charge in [-0.25, -0.2) is 4.39 Å². The molecule has 0 amide bonds. The molecule has 114 valence electrons. The molecule has 0 unspecified atom stereocenters. The van der Waals surface area contributed by atoms with Crippen molar-refractivity contribution in [3.05, 3.63) is 59.9 Å². The SMILES string of the molecule is O=C(CCC1CCCC1)c1ccc(-c2ccccc2)c(F)c1. The van der Waals surface area contributed by atoms with Crippen molar-refractivity contribution in [2.45, 2.75) is 38.5 Å². The molecule has 0 atom stereocenters. The van der Waals surface area contributed by atoms with E-state index in [0.717, 1.165) is 12.0 Å². The molecule has 1 aliphatic carbocycles. The molecule has 3 rings (SSSR count). The zero-order valence-corrected chi connectivity index (χ0v) is 12.7. The van der Waals surface area contributed by atoms with Crippen LogP contribution in [-0.4, -0.2) is 5.78 Å². The first-order chi connectivity index (χ1) is 10.7. The third-order valence-electron chi connectivity index (χ3n) is 4.63. The molecular weight excluding hydrogens is 275 g/mol. The Kier molecular flexibility index (Phi) is 4.67. The summed E-state index contributed by atoms with van der Waals surface area (Å²) in [6, 6.07) is 14.3. The van der Waals surface area contributed by atoms with E-state index in [4.69, 9.17) is 0 Å². The van der Waals surface area contributed by atoms with Crippen molar-refractivity contribution >= 4 is 5.78 Å². The monoisotopic (exact) mass is 296 g/mol. The van der Waals surface area contributed by atoms with Gasteiger partial charge in [-0.3, -0.25) is 4.79 Å². The smallest absolute Gasteiger partial charge is 0.162 e. The van der Waals surface area contributed by atoms with Crippen LogP contribution in [0.2, 0.25) is 0 Å². The predicted octanol–water partition coefficient (Wildman–Crippen LogP) is 5.65. The number of ketones is 1. The number of Topliss-reactive ketones (excluding diaryl/α,β-unsaturated/α-hetero) is 1. The lowest BCUT2D eigenvalue weighted by atomic mass is 9.96. The van der Waals surface area contributed by atoms with Gasteiger partial charge in [0.25, 0.3) is 0 Å². The van der Waals surface area contributed by atoms with Crippen LogP contribution < -0.4 is 0 Å². The first-order valence-electron chi connectivity index (χ1n) is 8.12. The summed E-state index contributed by atoms with van der Waals surface area (Å²) < 4.78 is 14.3. The van der Waals surface area contributed by atoms with Crippen LogP contribution in [0.5, 0.6) is 0 Å². The molecule has 1 saturated carbocycles. The van der Waals surface area contributed by atoms with Crippen LogP contribution >= 0.6 is 0 Å². The maximum atomic E-state index is 14.3. The summed E-state index contributed by atoms with van der Waals surface area (Å²) in [5, 5.41) is 0. The molecule has 0 aromatic heterocycles. The lowest BCUT2D eigenvalue weighted by Gasteiger charge is -2.09. The van der Waals surface area contributed by atoms with Gasteiger partial charge in [0.1, 0.15) is 5.82 Å². The van der Waals surface area contributed by atoms with Gasteiger partial charge in [0.2, 0.25) is 0 Å². The summed E-state index contributed by atoms with van der Waals surface area (Å²) in [6.45, 7) is 0. The molecule has 0 radical (unpaired) electrons. The number of hydrogen-bond donors (Lipinski definition) is 0. The van der Waals surface area contributed by atoms with Gasteiger partial charge in [-0.2, -0.15) is 0 Å². The van der Waals surface area contributed by atoms with Crippen LogP contribution in [0.15, 0.2) is 48.5 Å². The van der Waals surface area contributed by atoms with Crippen LogP contribution in [-0.2, 0) is 0 Å². The van der Waals surface area contributed by atoms with Gasteiger partial charge >= 0.3 is 0 Å². The molecular formula is C20H21FO. The summed E-state index contributed by atoms with van der Waals surface area (Å²) in [4.78, 5) is 12.2. The van der Waals surface area contributed by atoms with E-state index in [9.17, 15) is 9.18 Å². The minimum atomic E-state index is -0.321. The van der Waals surface area contributed by atoms with E-state index in [-0.39, 0.29) is 11.6 Å². The molecule has 0 N–H and O–H groups in total. The van der Waals surface area contributed by atoms with Gasteiger partial charge in [0, 0.05) is 17.5 Å². The third-order valence-corrected chi connectivity index (χ3v) is 4.63. The highest BCUT2D eigenvalue weighted by molar-refractivity contribution is 5.96. The Labute approximate surface area is 131 Å². The second kappa shape index (κ2) is 6.87. The van der Waals surface area contributed by atoms with Crippen LogP contribution in [0.1, 0.15) is 48.9 Å². The van der Waals surface area contributed by atoms with Crippen LogP contribution in [0.3, 0.4) is 0 Å². The van der Waals surface area contributed by atoms with E-state index >= 15 is 0 Å². The highest BCUT2D eigenvalue weighted by Gasteiger charge is 2.17. The molecule has 0 heterocycles. The Balaban J connectivity index is 1.69. The number of rotatable bonds is 5. The largest absolute Gasteiger partial charge is 0.294 e. The number of benzene rings is 2. The van der Waals surface area contributed by atoms with Crippen molar-refractivity contribution in [2.24, 2.45) is 5.92 Å². The number of carbonyl (C=O) groups excluding carboxylic acids is 1. The first kappa shape index (κ1) is 15.0. The van der Waals surface area contributed by atoms with Gasteiger partial charge < -0.3 is 0 Å². The Hall–Kier alpha value is -1.96. The van der Waals surface area contributed by atoms with E-state index in [1.54, 1.807) is 12.1 Å². The lowest BCUT2D eigenvalue weighted by molar-refractivity contribution is 0.0973. The molecule has 0 spiro atoms. The molecule has 1 fully saturated rings. The van der Waals surface area contributed by atoms with Gasteiger partial charge in [-0.1, -0.05) is 68.1 Å². The van der Waals surface area contributed by atoms with Gasteiger partial charge in [-0.05, 0) is 24.0 Å². The van der Waals surface area contributed by atoms with E-state index in [1.807, 2.05) is 30.3 Å². The van der Waals surface area contributed by atoms with Crippen LogP contribution in [0.4, 0.5) is 4.39 Å². The summed E-state index contributed by atoms with van der Waals surface area (Å²) in [7, 11) is 0. The lowest BCUT2D eigenvalue weighted by Crippen LogP contribution is -2.03. The van der Waals surface area contributed by atoms with Crippen molar-refractivity contribution in [1.82, 2.24) is 0 Å². The van der Waals surface area contributed by atoms with Crippen LogP contribution in [0, 0.1) is 11.7 Å². The van der Waals surface area contributed by atoms with Crippen molar-refractivity contribution in [3.8, 4) is 11.1 Å². The van der Waals surface area contributed by atoms with E-state index in [2.05, 4.69) is 0 Å². The fourth-order valence-corrected chi connectivity index (χ4v) is 3.32. The summed E-state index contributed by atoms with van der Waals surface area (Å²) >= 11 is 0. The highest BCUT2D eigenvalue weighted by atomic mass is 19.1. The number of carbonyl (C=O) groups is 1. The Morgan fingerprint density at radius 1 is 1.05 bits per heavy atom. The van der Waals surface area contributed by atoms with E-state index in [0.29, 0.717) is 23.5 Å². The molecule has 2 aromatic carbocycles. The van der Waals surface area contributed by atoms with Crippen molar-refractivity contribution < 1.29 is 9.18 Å². The third kappa shape index (κ3) is 3.44. The van der Waals surface area contributed by atoms with Gasteiger partial charge in [0.15, 0.2) is 5.78 Å². The quantitative estimate of drug-likeness (QED) is 0.652. The van der Waals surface area contributed by atoms with Crippen molar-refractivity contribution in [3.63, 3.8) is 0 Å². The fraction of sp³-hybridized carbons (Fsp3) is 0.350. The average Bonchev–Trinajstić information content (AvgIpc) is 3.07. The predicted molar refractivity (Wildman–Crippen MR) is 87.4 cm³/mol. The molecule has 0 bridgehead atoms. The second-order valence-corrected chi connectivity index (χ2v) is 6.17. The molecule has 22 heavy (non-hydrogen) atoms. The second-order valence-electron chi connectivity index (χ2n) is 6.17. The van der Waals surface area contributed by atoms with Gasteiger partial charge in [0.05, 0.1) is 0 Å². The minimum Gasteiger partial charge on any atom is -0.294 e. The standard InChI is InChI=1S/C20H21FO/c21-19-14-17(20(22)13-10-15-6-4-5-7-15)11-12-18(19)16-8-2-1-3-9-16/h1-3,8-9,11-12,14-15H,4-7,10,13H2. The van der Waals surface area contributed by atoms with Crippen molar-refractivity contribution in [2.75, 3.05) is 0 Å². The van der Waals surface area contributed by atoms with Gasteiger partial charge in [-0.15, -0.1) is 0 Å². The van der Waals surface area contributed by atoms with Crippen LogP contribution in [0.25, 0.3) is 11.1 Å². The maximum absolute atomic E-state index is 14.3. The summed E-state index contributed by atoms with van der Waals surface area (Å²) in [5.41, 5.74) is 1.88. The zero-order valence-electron chi connectivity index (χ0n) is 12.7. The van der Waals surface area contributed by atoms with E-state index < -0.39 is 0 Å². The number of hydrogen-bond acceptors (Lipinski definition) is 1. The van der Waals surface area contributed by atoms with E-state index in [1.165, 1.54) is 31.7 Å². The molecule has 1 aliphatic rings. The fourth-order valence-electron chi connectivity index (χ4n) is 3.32. The zero-order chi connectivity index (χ0) is 15.4. The summed E-state index contributed by atoms with van der Waals surface area (Å²) in [6.07, 6.45) is 6.55. The Bertz CT molecular complexity index is 642. The highest BCUT2D eigenvalue weighted by Crippen LogP contribution is 2.29. The first-order valence-corrected chi connectivity index (χ1v) is 8.12. The number of halogens is 1. The molecule has 0 aliphatic heterocycles. The Morgan fingerprint density at radius 3 is 2.45 bits per heavy atom. The molecule has 1 nitrogen and oxygen atoms in total. The minimum absolute atomic E-state index is 0.0606. The summed E-state index contributed by atoms with van der Waals surface area (Å²) in [5.74, 6) is 0.431. The topological polar surface area (TPSA) is 17.1 Å². The molecule has 2 heteroatoms.